The molecular formula is C20H19N5S. The van der Waals surface area contributed by atoms with Crippen molar-refractivity contribution in [2.45, 2.75) is 13.5 Å². The number of pyridine rings is 1. The van der Waals surface area contributed by atoms with Crippen molar-refractivity contribution in [1.29, 1.82) is 0 Å². The molecule has 0 amide bonds. The summed E-state index contributed by atoms with van der Waals surface area (Å²) in [6.45, 7) is 2.85. The molecule has 0 bridgehead atoms. The summed E-state index contributed by atoms with van der Waals surface area (Å²) in [6.07, 6.45) is 5.95. The van der Waals surface area contributed by atoms with Gasteiger partial charge < -0.3 is 9.72 Å². The number of hydrogen-bond acceptors (Lipinski definition) is 5. The van der Waals surface area contributed by atoms with Gasteiger partial charge in [-0.2, -0.15) is 0 Å². The molecule has 0 radical (unpaired) electrons. The third-order valence-corrected chi connectivity index (χ3v) is 4.84. The summed E-state index contributed by atoms with van der Waals surface area (Å²) < 4.78 is 2.06. The molecule has 6 heteroatoms. The van der Waals surface area contributed by atoms with E-state index in [0.29, 0.717) is 0 Å². The molecule has 0 aliphatic heterocycles. The molecule has 4 rings (SSSR count). The van der Waals surface area contributed by atoms with Gasteiger partial charge in [-0.15, -0.1) is 11.3 Å². The molecule has 0 fully saturated rings. The van der Waals surface area contributed by atoms with Crippen LogP contribution in [0.15, 0.2) is 59.2 Å². The number of aliphatic imine (C=N–C) groups is 1. The van der Waals surface area contributed by atoms with Crippen molar-refractivity contribution in [3.8, 4) is 11.3 Å². The lowest BCUT2D eigenvalue weighted by Gasteiger charge is -1.97. The molecule has 26 heavy (non-hydrogen) atoms. The zero-order chi connectivity index (χ0) is 17.9. The first kappa shape index (κ1) is 16.6. The molecule has 3 aromatic heterocycles. The van der Waals surface area contributed by atoms with Crippen molar-refractivity contribution in [2.75, 3.05) is 7.05 Å². The molecular weight excluding hydrogens is 342 g/mol. The first-order valence-electron chi connectivity index (χ1n) is 8.40. The Labute approximate surface area is 156 Å². The van der Waals surface area contributed by atoms with E-state index < -0.39 is 0 Å². The third kappa shape index (κ3) is 3.56. The van der Waals surface area contributed by atoms with E-state index in [1.807, 2.05) is 36.8 Å². The number of nitrogens with one attached hydrogen (secondary N) is 1. The Morgan fingerprint density at radius 3 is 2.77 bits per heavy atom. The van der Waals surface area contributed by atoms with Crippen LogP contribution in [-0.4, -0.2) is 27.6 Å². The number of nitrogens with zero attached hydrogens (tertiary/aromatic N) is 4. The molecule has 0 saturated carbocycles. The third-order valence-electron chi connectivity index (χ3n) is 4.01. The fourth-order valence-corrected chi connectivity index (χ4v) is 3.41. The number of hydrogen-bond donors (Lipinski definition) is 1. The number of aryl methyl sites for hydroxylation is 1. The van der Waals surface area contributed by atoms with Crippen LogP contribution in [0.1, 0.15) is 16.3 Å². The maximum absolute atomic E-state index is 4.68. The largest absolute Gasteiger partial charge is 0.314 e. The molecule has 4 aromatic rings. The van der Waals surface area contributed by atoms with Gasteiger partial charge in [-0.25, -0.2) is 9.97 Å². The smallest absolute Gasteiger partial charge is 0.137 e. The number of thiazole rings is 1. The highest BCUT2D eigenvalue weighted by Crippen LogP contribution is 2.23. The van der Waals surface area contributed by atoms with Crippen LogP contribution in [0.25, 0.3) is 16.9 Å². The van der Waals surface area contributed by atoms with Crippen LogP contribution < -0.4 is 5.32 Å². The van der Waals surface area contributed by atoms with Gasteiger partial charge in [0.05, 0.1) is 23.3 Å². The standard InChI is InChI=1S/C20H19N5S/c1-14-3-8-19-24-18(12-25(19)11-14)15-4-6-16(7-5-15)22-10-20-23-17(9-21-2)13-26-20/h3-8,10-13,21H,9H2,1-2H3. The van der Waals surface area contributed by atoms with Gasteiger partial charge in [0.2, 0.25) is 0 Å². The van der Waals surface area contributed by atoms with E-state index in [1.54, 1.807) is 11.3 Å². The van der Waals surface area contributed by atoms with E-state index >= 15 is 0 Å². The summed E-state index contributed by atoms with van der Waals surface area (Å²) in [7, 11) is 1.92. The number of aromatic nitrogens is 3. The Balaban J connectivity index is 1.52. The second kappa shape index (κ2) is 7.19. The van der Waals surface area contributed by atoms with Gasteiger partial charge in [-0.1, -0.05) is 18.2 Å². The molecule has 130 valence electrons. The molecule has 1 N–H and O–H groups in total. The van der Waals surface area contributed by atoms with Crippen molar-refractivity contribution < 1.29 is 0 Å². The first-order chi connectivity index (χ1) is 12.7. The Kier molecular flexibility index (Phi) is 4.60. The highest BCUT2D eigenvalue weighted by atomic mass is 32.1. The maximum Gasteiger partial charge on any atom is 0.137 e. The lowest BCUT2D eigenvalue weighted by Crippen LogP contribution is -2.05. The molecule has 1 aromatic carbocycles. The number of rotatable bonds is 5. The average Bonchev–Trinajstić information content (AvgIpc) is 3.27. The molecule has 0 saturated heterocycles. The Bertz CT molecular complexity index is 1060. The maximum atomic E-state index is 4.68. The van der Waals surface area contributed by atoms with Crippen LogP contribution in [0.5, 0.6) is 0 Å². The Morgan fingerprint density at radius 2 is 1.96 bits per heavy atom. The topological polar surface area (TPSA) is 54.6 Å². The summed E-state index contributed by atoms with van der Waals surface area (Å²) in [6, 6.07) is 12.2. The van der Waals surface area contributed by atoms with Crippen LogP contribution in [-0.2, 0) is 6.54 Å². The van der Waals surface area contributed by atoms with Crippen LogP contribution in [0, 0.1) is 6.92 Å². The second-order valence-electron chi connectivity index (χ2n) is 6.11. The van der Waals surface area contributed by atoms with Crippen LogP contribution in [0.3, 0.4) is 0 Å². The van der Waals surface area contributed by atoms with Gasteiger partial charge in [0.1, 0.15) is 10.7 Å². The van der Waals surface area contributed by atoms with Gasteiger partial charge in [0.25, 0.3) is 0 Å². The van der Waals surface area contributed by atoms with E-state index in [-0.39, 0.29) is 0 Å². The Morgan fingerprint density at radius 1 is 1.12 bits per heavy atom. The zero-order valence-corrected chi connectivity index (χ0v) is 15.5. The van der Waals surface area contributed by atoms with Crippen molar-refractivity contribution in [3.05, 3.63) is 70.4 Å². The van der Waals surface area contributed by atoms with Crippen molar-refractivity contribution in [3.63, 3.8) is 0 Å². The Hall–Kier alpha value is -2.83. The van der Waals surface area contributed by atoms with E-state index in [9.17, 15) is 0 Å². The van der Waals surface area contributed by atoms with Gasteiger partial charge in [0.15, 0.2) is 0 Å². The van der Waals surface area contributed by atoms with E-state index in [0.717, 1.165) is 39.8 Å². The molecule has 0 aliphatic rings. The van der Waals surface area contributed by atoms with Crippen molar-refractivity contribution >= 4 is 28.9 Å². The summed E-state index contributed by atoms with van der Waals surface area (Å²) in [5.41, 5.74) is 6.15. The average molecular weight is 361 g/mol. The second-order valence-corrected chi connectivity index (χ2v) is 7.00. The zero-order valence-electron chi connectivity index (χ0n) is 14.7. The van der Waals surface area contributed by atoms with Crippen LogP contribution >= 0.6 is 11.3 Å². The van der Waals surface area contributed by atoms with Crippen LogP contribution in [0.4, 0.5) is 5.69 Å². The number of fused-ring (bicyclic) bond motifs is 1. The fraction of sp³-hybridized carbons (Fsp3) is 0.150. The summed E-state index contributed by atoms with van der Waals surface area (Å²) in [5, 5.41) is 6.06. The highest BCUT2D eigenvalue weighted by Gasteiger charge is 2.04. The summed E-state index contributed by atoms with van der Waals surface area (Å²) >= 11 is 1.60. The SMILES string of the molecule is CNCc1csc(C=Nc2ccc(-c3cn4cc(C)ccc4n3)cc2)n1. The van der Waals surface area contributed by atoms with Crippen molar-refractivity contribution in [2.24, 2.45) is 4.99 Å². The summed E-state index contributed by atoms with van der Waals surface area (Å²) in [4.78, 5) is 13.7. The predicted octanol–water partition coefficient (Wildman–Crippen LogP) is 4.24. The molecule has 0 aliphatic carbocycles. The molecule has 3 heterocycles. The minimum atomic E-state index is 0.775. The molecule has 0 spiro atoms. The van der Waals surface area contributed by atoms with E-state index in [2.05, 4.69) is 62.2 Å². The molecule has 0 atom stereocenters. The number of imidazole rings is 1. The quantitative estimate of drug-likeness (QED) is 0.541. The summed E-state index contributed by atoms with van der Waals surface area (Å²) in [5.74, 6) is 0. The van der Waals surface area contributed by atoms with E-state index in [4.69, 9.17) is 0 Å². The molecule has 0 unspecified atom stereocenters. The predicted molar refractivity (Wildman–Crippen MR) is 107 cm³/mol. The monoisotopic (exact) mass is 361 g/mol. The number of benzene rings is 1. The van der Waals surface area contributed by atoms with Gasteiger partial charge in [-0.05, 0) is 37.7 Å². The highest BCUT2D eigenvalue weighted by molar-refractivity contribution is 7.11. The fourth-order valence-electron chi connectivity index (χ4n) is 2.73. The van der Waals surface area contributed by atoms with Gasteiger partial charge >= 0.3 is 0 Å². The van der Waals surface area contributed by atoms with Gasteiger partial charge in [0, 0.05) is 29.9 Å². The lowest BCUT2D eigenvalue weighted by molar-refractivity contribution is 0.797. The first-order valence-corrected chi connectivity index (χ1v) is 9.28. The minimum Gasteiger partial charge on any atom is -0.314 e. The van der Waals surface area contributed by atoms with Gasteiger partial charge in [-0.3, -0.25) is 4.99 Å². The van der Waals surface area contributed by atoms with Crippen LogP contribution in [0.2, 0.25) is 0 Å². The normalized spacial score (nSPS) is 11.6. The van der Waals surface area contributed by atoms with E-state index in [1.165, 1.54) is 5.56 Å². The van der Waals surface area contributed by atoms with Crippen molar-refractivity contribution in [1.82, 2.24) is 19.7 Å². The minimum absolute atomic E-state index is 0.775. The molecule has 5 nitrogen and oxygen atoms in total. The lowest BCUT2D eigenvalue weighted by atomic mass is 10.1.